The zero-order chi connectivity index (χ0) is 12.3. The highest BCUT2D eigenvalue weighted by Gasteiger charge is 2.17. The zero-order valence-electron chi connectivity index (χ0n) is 9.97. The van der Waals surface area contributed by atoms with Crippen molar-refractivity contribution in [2.24, 2.45) is 0 Å². The first-order chi connectivity index (χ1) is 8.13. The van der Waals surface area contributed by atoms with Crippen molar-refractivity contribution in [3.05, 3.63) is 29.8 Å². The Labute approximate surface area is 100 Å². The summed E-state index contributed by atoms with van der Waals surface area (Å²) in [5.74, 6) is -1.09. The third-order valence-electron chi connectivity index (χ3n) is 3.08. The van der Waals surface area contributed by atoms with E-state index in [9.17, 15) is 8.78 Å². The first-order valence-electron chi connectivity index (χ1n) is 6.09. The number of hydrogen-bond donors (Lipinski definition) is 2. The fourth-order valence-electron chi connectivity index (χ4n) is 2.37. The van der Waals surface area contributed by atoms with Gasteiger partial charge in [0.1, 0.15) is 11.6 Å². The highest BCUT2D eigenvalue weighted by molar-refractivity contribution is 5.44. The van der Waals surface area contributed by atoms with Gasteiger partial charge >= 0.3 is 0 Å². The normalized spacial score (nSPS) is 21.5. The summed E-state index contributed by atoms with van der Waals surface area (Å²) in [4.78, 5) is 0. The van der Waals surface area contributed by atoms with Gasteiger partial charge in [-0.1, -0.05) is 0 Å². The van der Waals surface area contributed by atoms with E-state index in [1.165, 1.54) is 25.0 Å². The minimum absolute atomic E-state index is 0.201. The Kier molecular flexibility index (Phi) is 3.94. The minimum Gasteiger partial charge on any atom is -0.382 e. The number of rotatable bonds is 4. The lowest BCUT2D eigenvalue weighted by Gasteiger charge is -2.19. The molecule has 0 saturated carbocycles. The number of nitrogens with one attached hydrogen (secondary N) is 2. The van der Waals surface area contributed by atoms with E-state index in [-0.39, 0.29) is 6.04 Å². The quantitative estimate of drug-likeness (QED) is 0.845. The van der Waals surface area contributed by atoms with Gasteiger partial charge in [-0.25, -0.2) is 8.78 Å². The van der Waals surface area contributed by atoms with Crippen LogP contribution in [0, 0.1) is 11.6 Å². The fourth-order valence-corrected chi connectivity index (χ4v) is 2.37. The first kappa shape index (κ1) is 12.3. The summed E-state index contributed by atoms with van der Waals surface area (Å²) in [6.07, 6.45) is 3.37. The summed E-state index contributed by atoms with van der Waals surface area (Å²) in [6, 6.07) is 4.25. The van der Waals surface area contributed by atoms with Gasteiger partial charge in [0.2, 0.25) is 0 Å². The second kappa shape index (κ2) is 5.45. The highest BCUT2D eigenvalue weighted by atomic mass is 19.1. The van der Waals surface area contributed by atoms with Gasteiger partial charge in [0.25, 0.3) is 0 Å². The van der Waals surface area contributed by atoms with E-state index in [4.69, 9.17) is 0 Å². The summed E-state index contributed by atoms with van der Waals surface area (Å²) in [5.41, 5.74) is 0.507. The lowest BCUT2D eigenvalue weighted by atomic mass is 10.1. The van der Waals surface area contributed by atoms with Gasteiger partial charge in [-0.2, -0.15) is 0 Å². The molecule has 1 heterocycles. The Hall–Kier alpha value is -1.16. The standard InChI is InChI=1S/C13H18F2N2/c1-9(5-12-3-2-4-16-12)17-13-7-10(14)6-11(15)8-13/h6-9,12,16-17H,2-5H2,1H3. The summed E-state index contributed by atoms with van der Waals surface area (Å²) >= 11 is 0. The van der Waals surface area contributed by atoms with E-state index in [0.29, 0.717) is 11.7 Å². The van der Waals surface area contributed by atoms with Crippen LogP contribution in [0.15, 0.2) is 18.2 Å². The fraction of sp³-hybridized carbons (Fsp3) is 0.538. The summed E-state index contributed by atoms with van der Waals surface area (Å²) < 4.78 is 26.0. The molecule has 4 heteroatoms. The molecule has 1 aromatic carbocycles. The van der Waals surface area contributed by atoms with Crippen LogP contribution in [0.5, 0.6) is 0 Å². The van der Waals surface area contributed by atoms with Crippen LogP contribution < -0.4 is 10.6 Å². The van der Waals surface area contributed by atoms with Gasteiger partial charge < -0.3 is 10.6 Å². The van der Waals surface area contributed by atoms with Crippen LogP contribution in [-0.2, 0) is 0 Å². The molecule has 94 valence electrons. The molecule has 1 fully saturated rings. The average molecular weight is 240 g/mol. The summed E-state index contributed by atoms with van der Waals surface area (Å²) in [5, 5.41) is 6.54. The maximum Gasteiger partial charge on any atom is 0.128 e. The molecule has 0 spiro atoms. The van der Waals surface area contributed by atoms with Gasteiger partial charge in [0.05, 0.1) is 0 Å². The maximum absolute atomic E-state index is 13.0. The minimum atomic E-state index is -0.543. The molecule has 17 heavy (non-hydrogen) atoms. The molecule has 1 aliphatic rings. The third-order valence-corrected chi connectivity index (χ3v) is 3.08. The molecular weight excluding hydrogens is 222 g/mol. The van der Waals surface area contributed by atoms with Gasteiger partial charge in [-0.15, -0.1) is 0 Å². The van der Waals surface area contributed by atoms with E-state index in [2.05, 4.69) is 10.6 Å². The van der Waals surface area contributed by atoms with E-state index >= 15 is 0 Å². The molecule has 2 atom stereocenters. The number of benzene rings is 1. The van der Waals surface area contributed by atoms with Crippen molar-refractivity contribution in [1.29, 1.82) is 0 Å². The molecule has 2 unspecified atom stereocenters. The molecule has 2 rings (SSSR count). The molecule has 0 radical (unpaired) electrons. The van der Waals surface area contributed by atoms with Crippen LogP contribution in [0.1, 0.15) is 26.2 Å². The van der Waals surface area contributed by atoms with Gasteiger partial charge in [-0.05, 0) is 44.9 Å². The van der Waals surface area contributed by atoms with E-state index in [1.54, 1.807) is 0 Å². The Morgan fingerprint density at radius 3 is 2.65 bits per heavy atom. The van der Waals surface area contributed by atoms with E-state index < -0.39 is 11.6 Å². The molecule has 0 amide bonds. The first-order valence-corrected chi connectivity index (χ1v) is 6.09. The second-order valence-corrected chi connectivity index (χ2v) is 4.73. The van der Waals surface area contributed by atoms with Crippen molar-refractivity contribution < 1.29 is 8.78 Å². The van der Waals surface area contributed by atoms with Crippen LogP contribution in [-0.4, -0.2) is 18.6 Å². The number of hydrogen-bond acceptors (Lipinski definition) is 2. The van der Waals surface area contributed by atoms with Gasteiger partial charge in [-0.3, -0.25) is 0 Å². The van der Waals surface area contributed by atoms with Crippen molar-refractivity contribution in [2.45, 2.75) is 38.3 Å². The van der Waals surface area contributed by atoms with Crippen molar-refractivity contribution in [1.82, 2.24) is 5.32 Å². The second-order valence-electron chi connectivity index (χ2n) is 4.73. The van der Waals surface area contributed by atoms with E-state index in [0.717, 1.165) is 19.0 Å². The Balaban J connectivity index is 1.90. The predicted molar refractivity (Wildman–Crippen MR) is 65.1 cm³/mol. The molecule has 1 aromatic rings. The third kappa shape index (κ3) is 3.66. The Morgan fingerprint density at radius 2 is 2.06 bits per heavy atom. The van der Waals surface area contributed by atoms with Crippen molar-refractivity contribution in [3.8, 4) is 0 Å². The Morgan fingerprint density at radius 1 is 1.35 bits per heavy atom. The van der Waals surface area contributed by atoms with Crippen LogP contribution >= 0.6 is 0 Å². The van der Waals surface area contributed by atoms with Gasteiger partial charge in [0.15, 0.2) is 0 Å². The van der Waals surface area contributed by atoms with Crippen LogP contribution in [0.25, 0.3) is 0 Å². The number of anilines is 1. The molecule has 0 bridgehead atoms. The SMILES string of the molecule is CC(CC1CCCN1)Nc1cc(F)cc(F)c1. The van der Waals surface area contributed by atoms with Crippen molar-refractivity contribution >= 4 is 5.69 Å². The topological polar surface area (TPSA) is 24.1 Å². The summed E-state index contributed by atoms with van der Waals surface area (Å²) in [7, 11) is 0. The van der Waals surface area contributed by atoms with Crippen molar-refractivity contribution in [2.75, 3.05) is 11.9 Å². The summed E-state index contributed by atoms with van der Waals surface area (Å²) in [6.45, 7) is 3.11. The van der Waals surface area contributed by atoms with Gasteiger partial charge in [0, 0.05) is 23.8 Å². The molecule has 0 aliphatic carbocycles. The lowest BCUT2D eigenvalue weighted by Crippen LogP contribution is -2.29. The molecule has 2 nitrogen and oxygen atoms in total. The largest absolute Gasteiger partial charge is 0.382 e. The smallest absolute Gasteiger partial charge is 0.128 e. The molecule has 2 N–H and O–H groups in total. The van der Waals surface area contributed by atoms with Crippen molar-refractivity contribution in [3.63, 3.8) is 0 Å². The Bertz CT molecular complexity index is 355. The maximum atomic E-state index is 13.0. The van der Waals surface area contributed by atoms with Crippen LogP contribution in [0.4, 0.5) is 14.5 Å². The predicted octanol–water partition coefficient (Wildman–Crippen LogP) is 2.91. The molecule has 0 aromatic heterocycles. The van der Waals surface area contributed by atoms with Crippen LogP contribution in [0.3, 0.4) is 0 Å². The number of halogens is 2. The average Bonchev–Trinajstić information content (AvgIpc) is 2.67. The lowest BCUT2D eigenvalue weighted by molar-refractivity contribution is 0.522. The highest BCUT2D eigenvalue weighted by Crippen LogP contribution is 2.17. The van der Waals surface area contributed by atoms with Crippen LogP contribution in [0.2, 0.25) is 0 Å². The zero-order valence-corrected chi connectivity index (χ0v) is 9.97. The molecular formula is C13H18F2N2. The monoisotopic (exact) mass is 240 g/mol. The molecule has 1 aliphatic heterocycles. The molecule has 1 saturated heterocycles. The van der Waals surface area contributed by atoms with E-state index in [1.807, 2.05) is 6.92 Å².